The van der Waals surface area contributed by atoms with Gasteiger partial charge < -0.3 is 29.4 Å². The summed E-state index contributed by atoms with van der Waals surface area (Å²) in [7, 11) is 0. The van der Waals surface area contributed by atoms with Crippen molar-refractivity contribution in [3.8, 4) is 0 Å². The second-order valence-electron chi connectivity index (χ2n) is 32.1. The van der Waals surface area contributed by atoms with Gasteiger partial charge in [-0.25, -0.2) is 0 Å². The lowest BCUT2D eigenvalue weighted by Crippen LogP contribution is -2.61. The lowest BCUT2D eigenvalue weighted by Gasteiger charge is -2.44. The minimum absolute atomic E-state index is 0.00110. The van der Waals surface area contributed by atoms with Crippen molar-refractivity contribution in [1.82, 2.24) is 0 Å². The minimum Gasteiger partial charge on any atom is -0.311 e. The molecule has 4 heterocycles. The van der Waals surface area contributed by atoms with Crippen LogP contribution in [0.25, 0.3) is 0 Å². The monoisotopic (exact) mass is 1370 g/mol. The number of hydrogen-bond donors (Lipinski definition) is 0. The van der Waals surface area contributed by atoms with Gasteiger partial charge in [-0.3, -0.25) is 0 Å². The van der Waals surface area contributed by atoms with Crippen LogP contribution in [0.1, 0.15) is 88.8 Å². The molecule has 0 aliphatic carbocycles. The quantitative estimate of drug-likeness (QED) is 0.106. The van der Waals surface area contributed by atoms with E-state index < -0.39 is 0 Å². The number of aryl methyl sites for hydroxylation is 2. The van der Waals surface area contributed by atoms with E-state index in [1.165, 1.54) is 112 Å². The number of rotatable bonds is 13. The molecule has 0 radical (unpaired) electrons. The molecule has 0 N–H and O–H groups in total. The number of fused-ring (bicyclic) bond motifs is 8. The van der Waals surface area contributed by atoms with Crippen molar-refractivity contribution in [3.63, 3.8) is 0 Å². The summed E-state index contributed by atoms with van der Waals surface area (Å²) in [4.78, 5) is 15.0. The molecule has 14 aromatic carbocycles. The zero-order valence-corrected chi connectivity index (χ0v) is 62.2. The first kappa shape index (κ1) is 66.0. The molecule has 0 fully saturated rings. The first-order valence-corrected chi connectivity index (χ1v) is 37.6. The predicted octanol–water partition coefficient (Wildman–Crippen LogP) is 22.5. The Hall–Kier alpha value is -12.0. The van der Waals surface area contributed by atoms with Gasteiger partial charge in [0.15, 0.2) is 0 Å². The summed E-state index contributed by atoms with van der Waals surface area (Å²) in [5.74, 6) is 0. The van der Waals surface area contributed by atoms with Crippen LogP contribution in [-0.2, 0) is 22.7 Å². The smallest absolute Gasteiger partial charge is 0.252 e. The van der Waals surface area contributed by atoms with Crippen molar-refractivity contribution in [2.75, 3.05) is 29.4 Å². The zero-order valence-electron chi connectivity index (χ0n) is 62.2. The Labute approximate surface area is 626 Å². The summed E-state index contributed by atoms with van der Waals surface area (Å²) in [5, 5.41) is 0. The Morgan fingerprint density at radius 3 is 1.11 bits per heavy atom. The van der Waals surface area contributed by atoms with E-state index in [2.05, 4.69) is 426 Å². The first-order chi connectivity index (χ1) is 51.4. The summed E-state index contributed by atoms with van der Waals surface area (Å²) < 4.78 is 0. The third-order valence-corrected chi connectivity index (χ3v) is 22.7. The van der Waals surface area contributed by atoms with Gasteiger partial charge in [-0.15, -0.1) is 0 Å². The van der Waals surface area contributed by atoms with Crippen LogP contribution < -0.4 is 62.2 Å². The van der Waals surface area contributed by atoms with Crippen LogP contribution in [0.2, 0.25) is 0 Å². The largest absolute Gasteiger partial charge is 0.311 e. The molecule has 18 rings (SSSR count). The highest BCUT2D eigenvalue weighted by atomic mass is 15.2. The maximum atomic E-state index is 2.57. The maximum absolute atomic E-state index is 2.57. The molecule has 0 saturated carbocycles. The highest BCUT2D eigenvalue weighted by Gasteiger charge is 2.46. The number of para-hydroxylation sites is 5. The standard InChI is InChI=1S/C98H86B2N6/c1-66-42-50-77(51-43-66)105-90-40-24-38-88-94(90)99(81-33-18-21-36-86(81)103(88)72-28-13-11-14-29-72)83-60-58-79(63-92(83)105)101(74-52-44-69(45-53-74)96(3,4)5)75-56-48-71(49-57-75)98(9,10)65-68-27-23-32-78(62-68)106-91-41-25-39-89-95(91)100(82-34-19-22-37-87(82)104(89)73-30-15-12-16-31-73)84-61-59-80(64-93(84)106)102(85-35-20-17-26-67(85)2)76-54-46-70(47-55-76)97(6,7)8/h11-64H,65H2,1-10H3. The molecule has 0 spiro atoms. The van der Waals surface area contributed by atoms with Crippen LogP contribution in [0.4, 0.5) is 102 Å². The van der Waals surface area contributed by atoms with Crippen LogP contribution in [0.3, 0.4) is 0 Å². The molecule has 0 unspecified atom stereocenters. The van der Waals surface area contributed by atoms with E-state index >= 15 is 0 Å². The van der Waals surface area contributed by atoms with Gasteiger partial charge in [-0.1, -0.05) is 237 Å². The summed E-state index contributed by atoms with van der Waals surface area (Å²) in [6.07, 6.45) is 0.811. The van der Waals surface area contributed by atoms with Crippen molar-refractivity contribution >= 4 is 149 Å². The van der Waals surface area contributed by atoms with Crippen molar-refractivity contribution in [1.29, 1.82) is 0 Å². The number of benzene rings is 14. The van der Waals surface area contributed by atoms with Gasteiger partial charge in [0.2, 0.25) is 0 Å². The fourth-order valence-corrected chi connectivity index (χ4v) is 17.4. The molecule has 0 bridgehead atoms. The Morgan fingerprint density at radius 1 is 0.274 bits per heavy atom. The number of hydrogen-bond acceptors (Lipinski definition) is 6. The number of anilines is 18. The molecule has 0 atom stereocenters. The molecule has 4 aliphatic heterocycles. The lowest BCUT2D eigenvalue weighted by atomic mass is 9.33. The van der Waals surface area contributed by atoms with E-state index in [0.29, 0.717) is 0 Å². The zero-order chi connectivity index (χ0) is 72.3. The topological polar surface area (TPSA) is 19.4 Å². The molecule has 6 nitrogen and oxygen atoms in total. The van der Waals surface area contributed by atoms with Gasteiger partial charge in [0.05, 0.1) is 0 Å². The second kappa shape index (κ2) is 25.7. The summed E-state index contributed by atoms with van der Waals surface area (Å²) in [6.45, 7) is 23.0. The highest BCUT2D eigenvalue weighted by molar-refractivity contribution is 7.01. The Bertz CT molecular complexity index is 5680. The fourth-order valence-electron chi connectivity index (χ4n) is 17.4. The van der Waals surface area contributed by atoms with E-state index in [4.69, 9.17) is 0 Å². The lowest BCUT2D eigenvalue weighted by molar-refractivity contribution is 0.522. The van der Waals surface area contributed by atoms with Crippen LogP contribution in [0.5, 0.6) is 0 Å². The van der Waals surface area contributed by atoms with Crippen LogP contribution in [-0.4, -0.2) is 13.4 Å². The third-order valence-electron chi connectivity index (χ3n) is 22.7. The van der Waals surface area contributed by atoms with Crippen LogP contribution in [0, 0.1) is 13.8 Å². The average Bonchev–Trinajstić information content (AvgIpc) is 0.705. The Morgan fingerprint density at radius 2 is 0.632 bits per heavy atom. The van der Waals surface area contributed by atoms with E-state index in [0.717, 1.165) is 63.3 Å². The summed E-state index contributed by atoms with van der Waals surface area (Å²) in [5.41, 5.74) is 35.8. The maximum Gasteiger partial charge on any atom is 0.252 e. The SMILES string of the molecule is Cc1ccc(N2c3cc(N(c4ccc(C(C)(C)C)cc4)c4ccc(C(C)(C)Cc5cccc(N6c7cc(N(c8ccc(C(C)(C)C)cc8)c8ccccc8C)ccc7B7c8ccccc8N(c8ccccc8)c8cccc6c87)c5)cc4)ccc3B3c4ccccc4N(c4ccccc4)c4cccc2c43)cc1. The molecule has 0 amide bonds. The van der Waals surface area contributed by atoms with Crippen molar-refractivity contribution in [2.45, 2.75) is 91.9 Å². The molecular formula is C98H86B2N6. The van der Waals surface area contributed by atoms with Crippen LogP contribution >= 0.6 is 0 Å². The second-order valence-corrected chi connectivity index (χ2v) is 32.1. The van der Waals surface area contributed by atoms with Crippen molar-refractivity contribution in [2.24, 2.45) is 0 Å². The summed E-state index contributed by atoms with van der Waals surface area (Å²) >= 11 is 0. The number of nitrogens with zero attached hydrogens (tertiary/aromatic N) is 6. The van der Waals surface area contributed by atoms with E-state index in [9.17, 15) is 0 Å². The van der Waals surface area contributed by atoms with Gasteiger partial charge in [-0.2, -0.15) is 0 Å². The minimum atomic E-state index is -0.268. The van der Waals surface area contributed by atoms with Gasteiger partial charge in [-0.05, 0) is 249 Å². The van der Waals surface area contributed by atoms with E-state index in [-0.39, 0.29) is 29.7 Å². The Balaban J connectivity index is 0.737. The van der Waals surface area contributed by atoms with E-state index in [1.807, 2.05) is 0 Å². The van der Waals surface area contributed by atoms with Crippen molar-refractivity contribution in [3.05, 3.63) is 361 Å². The Kier molecular flexibility index (Phi) is 16.0. The molecule has 8 heteroatoms. The summed E-state index contributed by atoms with van der Waals surface area (Å²) in [6, 6.07) is 123. The van der Waals surface area contributed by atoms with Crippen LogP contribution in [0.15, 0.2) is 328 Å². The molecule has 4 aliphatic rings. The van der Waals surface area contributed by atoms with Crippen molar-refractivity contribution < 1.29 is 0 Å². The molecule has 0 aromatic heterocycles. The van der Waals surface area contributed by atoms with Gasteiger partial charge in [0.1, 0.15) is 0 Å². The third kappa shape index (κ3) is 11.3. The molecular weight excluding hydrogens is 1280 g/mol. The molecule has 106 heavy (non-hydrogen) atoms. The van der Waals surface area contributed by atoms with Gasteiger partial charge in [0.25, 0.3) is 13.4 Å². The fraction of sp³-hybridized carbons (Fsp3) is 0.143. The first-order valence-electron chi connectivity index (χ1n) is 37.6. The highest BCUT2D eigenvalue weighted by Crippen LogP contribution is 2.50. The molecule has 0 saturated heterocycles. The normalized spacial score (nSPS) is 13.3. The molecule has 14 aromatic rings. The molecule has 514 valence electrons. The average molecular weight is 1370 g/mol. The van der Waals surface area contributed by atoms with Gasteiger partial charge >= 0.3 is 0 Å². The van der Waals surface area contributed by atoms with Gasteiger partial charge in [0, 0.05) is 102 Å². The van der Waals surface area contributed by atoms with E-state index in [1.54, 1.807) is 0 Å². The predicted molar refractivity (Wildman–Crippen MR) is 454 cm³/mol.